The molecule has 0 aliphatic heterocycles. The van der Waals surface area contributed by atoms with Gasteiger partial charge in [-0.3, -0.25) is 0 Å². The fraction of sp³-hybridized carbons (Fsp3) is 0.778. The van der Waals surface area contributed by atoms with Crippen LogP contribution in [0.5, 0.6) is 0 Å². The van der Waals surface area contributed by atoms with E-state index in [9.17, 15) is 5.11 Å². The number of allylic oxidation sites excluding steroid dienone is 2. The van der Waals surface area contributed by atoms with Crippen molar-refractivity contribution in [2.45, 2.75) is 98.5 Å². The summed E-state index contributed by atoms with van der Waals surface area (Å²) in [6.45, 7) is 10.8. The monoisotopic (exact) mass is 444 g/mol. The second-order valence-corrected chi connectivity index (χ2v) is 10.6. The summed E-state index contributed by atoms with van der Waals surface area (Å²) in [5, 5.41) is 30.6. The van der Waals surface area contributed by atoms with Crippen molar-refractivity contribution in [1.29, 1.82) is 5.41 Å². The number of hydrogen-bond donors (Lipinski definition) is 3. The van der Waals surface area contributed by atoms with Crippen LogP contribution < -0.4 is 0 Å². The first kappa shape index (κ1) is 25.2. The number of hydrogen-bond acceptors (Lipinski definition) is 5. The van der Waals surface area contributed by atoms with Gasteiger partial charge in [-0.1, -0.05) is 38.4 Å². The molecule has 0 bridgehead atoms. The molecule has 1 aromatic rings. The molecule has 5 heteroatoms. The summed E-state index contributed by atoms with van der Waals surface area (Å²) >= 11 is 0. The largest absolute Gasteiger partial charge is 0.396 e. The molecular weight excluding hydrogens is 400 g/mol. The number of rotatable bonds is 2. The molecule has 6 atom stereocenters. The molecule has 0 radical (unpaired) electrons. The number of aryl methyl sites for hydroxylation is 1. The van der Waals surface area contributed by atoms with Gasteiger partial charge < -0.3 is 20.1 Å². The summed E-state index contributed by atoms with van der Waals surface area (Å²) in [7, 11) is 0. The van der Waals surface area contributed by atoms with Gasteiger partial charge in [0.15, 0.2) is 0 Å². The molecule has 4 aliphatic carbocycles. The van der Waals surface area contributed by atoms with Crippen LogP contribution in [0.3, 0.4) is 0 Å². The van der Waals surface area contributed by atoms with Crippen molar-refractivity contribution in [3.63, 3.8) is 0 Å². The predicted molar refractivity (Wildman–Crippen MR) is 129 cm³/mol. The van der Waals surface area contributed by atoms with Crippen LogP contribution in [0.15, 0.2) is 22.2 Å². The maximum atomic E-state index is 10.5. The molecule has 5 nitrogen and oxygen atoms in total. The van der Waals surface area contributed by atoms with Gasteiger partial charge in [-0.05, 0) is 93.0 Å². The number of aliphatic hydroxyl groups excluding tert-OH is 2. The second-order valence-electron chi connectivity index (χ2n) is 10.6. The molecule has 0 spiro atoms. The molecule has 0 amide bonds. The lowest BCUT2D eigenvalue weighted by Crippen LogP contribution is -2.51. The Morgan fingerprint density at radius 2 is 1.84 bits per heavy atom. The zero-order chi connectivity index (χ0) is 23.5. The molecule has 1 heterocycles. The fourth-order valence-electron chi connectivity index (χ4n) is 7.21. The van der Waals surface area contributed by atoms with Crippen LogP contribution in [0, 0.1) is 40.9 Å². The van der Waals surface area contributed by atoms with E-state index in [0.29, 0.717) is 11.8 Å². The molecule has 180 valence electrons. The van der Waals surface area contributed by atoms with Crippen molar-refractivity contribution in [2.75, 3.05) is 6.61 Å². The molecule has 32 heavy (non-hydrogen) atoms. The maximum Gasteiger partial charge on any atom is 0.133 e. The Hall–Kier alpha value is -1.46. The Kier molecular flexibility index (Phi) is 8.03. The van der Waals surface area contributed by atoms with Crippen molar-refractivity contribution < 1.29 is 14.7 Å². The topological polar surface area (TPSA) is 90.3 Å². The van der Waals surface area contributed by atoms with Crippen LogP contribution in [0.25, 0.3) is 0 Å². The van der Waals surface area contributed by atoms with E-state index >= 15 is 0 Å². The fourth-order valence-corrected chi connectivity index (χ4v) is 7.21. The van der Waals surface area contributed by atoms with E-state index in [-0.39, 0.29) is 18.1 Å². The molecule has 5 rings (SSSR count). The number of nitrogens with one attached hydrogen (secondary N) is 1. The van der Waals surface area contributed by atoms with E-state index in [1.165, 1.54) is 38.5 Å². The van der Waals surface area contributed by atoms with Crippen LogP contribution in [0.4, 0.5) is 0 Å². The molecule has 3 N–H and O–H groups in total. The average Bonchev–Trinajstić information content (AvgIpc) is 3.33. The molecule has 3 unspecified atom stereocenters. The van der Waals surface area contributed by atoms with Gasteiger partial charge in [0.05, 0.1) is 11.8 Å². The highest BCUT2D eigenvalue weighted by Gasteiger charge is 2.58. The Labute approximate surface area is 194 Å². The summed E-state index contributed by atoms with van der Waals surface area (Å²) in [5.74, 6) is 3.15. The van der Waals surface area contributed by atoms with E-state index in [4.69, 9.17) is 15.0 Å². The van der Waals surface area contributed by atoms with E-state index in [1.807, 2.05) is 26.8 Å². The SMILES string of the molecule is CC.C[C@]12CCC(=N)C=C1CCC1C2CC[C@@]2(C)C1CC[C@@H]2O.Cc1cc(CCO)no1. The smallest absolute Gasteiger partial charge is 0.133 e. The van der Waals surface area contributed by atoms with Crippen LogP contribution in [0.1, 0.15) is 90.5 Å². The Morgan fingerprint density at radius 3 is 2.50 bits per heavy atom. The first-order chi connectivity index (χ1) is 15.3. The van der Waals surface area contributed by atoms with Gasteiger partial charge in [0.1, 0.15) is 5.76 Å². The summed E-state index contributed by atoms with van der Waals surface area (Å²) in [5.41, 5.74) is 3.78. The van der Waals surface area contributed by atoms with Crippen LogP contribution >= 0.6 is 0 Å². The standard InChI is InChI=1S/C19H29NO.C6H9NO2.C2H6/c1-18-9-7-13(20)11-12(18)3-4-14-15-5-6-17(21)19(15,2)10-8-16(14)18;1-5-4-6(2-3-8)7-9-5;1-2/h11,14-17,20-21H,3-10H2,1-2H3;4,8H,2-3H2,1H3;1-2H3/t14?,15?,16?,17-,18-,19-;;/m0../s1. The van der Waals surface area contributed by atoms with Gasteiger partial charge in [0.2, 0.25) is 0 Å². The number of nitrogens with zero attached hydrogens (tertiary/aromatic N) is 1. The molecule has 0 aromatic carbocycles. The quantitative estimate of drug-likeness (QED) is 0.532. The highest BCUT2D eigenvalue weighted by atomic mass is 16.5. The van der Waals surface area contributed by atoms with E-state index in [2.05, 4.69) is 25.1 Å². The lowest BCUT2D eigenvalue weighted by Gasteiger charge is -2.57. The molecule has 3 saturated carbocycles. The minimum Gasteiger partial charge on any atom is -0.396 e. The first-order valence-electron chi connectivity index (χ1n) is 12.8. The first-order valence-corrected chi connectivity index (χ1v) is 12.8. The van der Waals surface area contributed by atoms with Crippen molar-refractivity contribution in [1.82, 2.24) is 5.16 Å². The predicted octanol–water partition coefficient (Wildman–Crippen LogP) is 5.87. The number of aliphatic hydroxyl groups is 2. The number of fused-ring (bicyclic) bond motifs is 5. The summed E-state index contributed by atoms with van der Waals surface area (Å²) < 4.78 is 4.76. The van der Waals surface area contributed by atoms with Gasteiger partial charge in [0.25, 0.3) is 0 Å². The lowest BCUT2D eigenvalue weighted by molar-refractivity contribution is -0.0721. The maximum absolute atomic E-state index is 10.5. The third-order valence-electron chi connectivity index (χ3n) is 8.99. The molecule has 3 fully saturated rings. The zero-order valence-electron chi connectivity index (χ0n) is 20.8. The third kappa shape index (κ3) is 4.61. The highest BCUT2D eigenvalue weighted by molar-refractivity contribution is 5.94. The van der Waals surface area contributed by atoms with Crippen LogP contribution in [0.2, 0.25) is 0 Å². The van der Waals surface area contributed by atoms with Gasteiger partial charge >= 0.3 is 0 Å². The summed E-state index contributed by atoms with van der Waals surface area (Å²) in [6, 6.07) is 1.82. The van der Waals surface area contributed by atoms with Crippen molar-refractivity contribution in [2.24, 2.45) is 28.6 Å². The minimum atomic E-state index is -0.0623. The van der Waals surface area contributed by atoms with Crippen LogP contribution in [-0.4, -0.2) is 33.8 Å². The molecule has 0 saturated heterocycles. The van der Waals surface area contributed by atoms with Gasteiger partial charge in [-0.15, -0.1) is 0 Å². The Balaban J connectivity index is 0.000000222. The normalized spacial score (nSPS) is 37.6. The van der Waals surface area contributed by atoms with Gasteiger partial charge in [-0.2, -0.15) is 0 Å². The summed E-state index contributed by atoms with van der Waals surface area (Å²) in [4.78, 5) is 0. The van der Waals surface area contributed by atoms with Crippen molar-refractivity contribution in [3.8, 4) is 0 Å². The van der Waals surface area contributed by atoms with Crippen molar-refractivity contribution in [3.05, 3.63) is 29.2 Å². The Bertz CT molecular complexity index is 816. The highest BCUT2D eigenvalue weighted by Crippen LogP contribution is 2.65. The van der Waals surface area contributed by atoms with Crippen LogP contribution in [-0.2, 0) is 6.42 Å². The Morgan fingerprint density at radius 1 is 1.09 bits per heavy atom. The van der Waals surface area contributed by atoms with E-state index in [1.54, 1.807) is 5.57 Å². The zero-order valence-corrected chi connectivity index (χ0v) is 20.8. The molecule has 4 aliphatic rings. The van der Waals surface area contributed by atoms with Gasteiger partial charge in [0, 0.05) is 24.8 Å². The van der Waals surface area contributed by atoms with E-state index in [0.717, 1.165) is 47.8 Å². The van der Waals surface area contributed by atoms with Gasteiger partial charge in [-0.25, -0.2) is 0 Å². The lowest BCUT2D eigenvalue weighted by atomic mass is 9.47. The second kappa shape index (κ2) is 10.2. The number of aromatic nitrogens is 1. The van der Waals surface area contributed by atoms with E-state index < -0.39 is 0 Å². The third-order valence-corrected chi connectivity index (χ3v) is 8.99. The molecular formula is C27H44N2O3. The van der Waals surface area contributed by atoms with Crippen molar-refractivity contribution >= 4 is 5.71 Å². The summed E-state index contributed by atoms with van der Waals surface area (Å²) in [6.07, 6.45) is 12.1. The molecule has 1 aromatic heterocycles. The minimum absolute atomic E-state index is 0.0623. The average molecular weight is 445 g/mol.